The third kappa shape index (κ3) is 17.8. The Kier molecular flexibility index (Phi) is 21.1. The highest BCUT2D eigenvalue weighted by atomic mass is 16.6. The molecule has 1 unspecified atom stereocenters. The van der Waals surface area contributed by atoms with Gasteiger partial charge in [-0.3, -0.25) is 20.0 Å². The number of piperidine rings is 1. The normalized spacial score (nSPS) is 15.7. The Labute approximate surface area is 395 Å². The number of anilines is 1. The number of unbranched alkanes of at least 4 members (excludes halogenated alkanes) is 5. The van der Waals surface area contributed by atoms with Crippen LogP contribution in [0.2, 0.25) is 0 Å². The Morgan fingerprint density at radius 1 is 0.851 bits per heavy atom. The first-order valence-electron chi connectivity index (χ1n) is 23.6. The first kappa shape index (κ1) is 52.2. The minimum absolute atomic E-state index is 0.0116. The van der Waals surface area contributed by atoms with Crippen molar-refractivity contribution in [3.8, 4) is 11.5 Å². The van der Waals surface area contributed by atoms with Crippen molar-refractivity contribution >= 4 is 35.3 Å². The summed E-state index contributed by atoms with van der Waals surface area (Å²) in [5.41, 5.74) is 7.71. The molecule has 0 radical (unpaired) electrons. The molecule has 1 atom stereocenters. The second kappa shape index (κ2) is 27.1. The fourth-order valence-corrected chi connectivity index (χ4v) is 7.66. The van der Waals surface area contributed by atoms with Gasteiger partial charge in [0.25, 0.3) is 5.91 Å². The first-order chi connectivity index (χ1) is 32.4. The van der Waals surface area contributed by atoms with Gasteiger partial charge in [0.2, 0.25) is 0 Å². The van der Waals surface area contributed by atoms with Crippen molar-refractivity contribution in [1.29, 1.82) is 5.41 Å². The van der Waals surface area contributed by atoms with Gasteiger partial charge in [-0.1, -0.05) is 18.9 Å². The number of rotatable bonds is 26. The number of aromatic nitrogens is 1. The van der Waals surface area contributed by atoms with E-state index in [-0.39, 0.29) is 29.6 Å². The molecule has 1 saturated heterocycles. The van der Waals surface area contributed by atoms with E-state index in [1.54, 1.807) is 41.6 Å². The lowest BCUT2D eigenvalue weighted by Crippen LogP contribution is -2.58. The Morgan fingerprint density at radius 3 is 2.18 bits per heavy atom. The second-order valence-electron chi connectivity index (χ2n) is 17.7. The number of nitrogens with zero attached hydrogens (tertiary/aromatic N) is 3. The van der Waals surface area contributed by atoms with Gasteiger partial charge >= 0.3 is 12.1 Å². The molecule has 2 aromatic carbocycles. The maximum absolute atomic E-state index is 13.9. The van der Waals surface area contributed by atoms with E-state index >= 15 is 0 Å². The summed E-state index contributed by atoms with van der Waals surface area (Å²) < 4.78 is 39.2. The molecule has 0 saturated carbocycles. The van der Waals surface area contributed by atoms with Gasteiger partial charge in [0.15, 0.2) is 5.84 Å². The van der Waals surface area contributed by atoms with Gasteiger partial charge in [-0.15, -0.1) is 0 Å². The standard InChI is InChI=1S/C50H71N7O10/c1-49(2,3)67-48(60)57-25-21-50(22-26-57,47(52)55-45(51)37-18-23-53-24-19-37)56-39-14-12-13-38(35-39)46(59)54-42-20-30-66-43-17-16-40(36-41(42)43)65-29-11-6-5-9-27-62-31-33-64-34-32-63-28-10-7-8-15-44(58)61-4/h12-14,16-19,23-24,35-36,42,56H,5-11,15,20-22,25-34H2,1-4H3,(H,54,59)(H3,51,52,55). The molecule has 0 spiro atoms. The van der Waals surface area contributed by atoms with Crippen LogP contribution in [0.5, 0.6) is 11.5 Å². The fourth-order valence-electron chi connectivity index (χ4n) is 7.66. The third-order valence-electron chi connectivity index (χ3n) is 11.4. The molecule has 1 fully saturated rings. The van der Waals surface area contributed by atoms with Crippen molar-refractivity contribution in [1.82, 2.24) is 15.2 Å². The molecule has 366 valence electrons. The number of aliphatic imine (C=N–C) groups is 1. The van der Waals surface area contributed by atoms with Crippen molar-refractivity contribution < 1.29 is 47.5 Å². The van der Waals surface area contributed by atoms with Gasteiger partial charge in [0.1, 0.15) is 22.9 Å². The Morgan fingerprint density at radius 2 is 1.51 bits per heavy atom. The average Bonchev–Trinajstić information content (AvgIpc) is 3.32. The van der Waals surface area contributed by atoms with E-state index in [1.165, 1.54) is 7.11 Å². The number of likely N-dealkylation sites (tertiary alicyclic amines) is 1. The van der Waals surface area contributed by atoms with Gasteiger partial charge in [0, 0.05) is 73.9 Å². The number of methoxy groups -OCH3 is 1. The summed E-state index contributed by atoms with van der Waals surface area (Å²) in [5, 5.41) is 15.4. The van der Waals surface area contributed by atoms with Crippen molar-refractivity contribution in [2.45, 2.75) is 109 Å². The summed E-state index contributed by atoms with van der Waals surface area (Å²) >= 11 is 0. The number of carbonyl (C=O) groups excluding carboxylic acids is 3. The quantitative estimate of drug-likeness (QED) is 0.0264. The SMILES string of the molecule is COC(=O)CCCCCOCCOCCOCCCCCCOc1ccc2c(c1)C(NC(=O)c1cccc(NC3(C(N)=NC(=N)c4ccncc4)CCN(C(=O)OC(C)(C)C)CC3)c1)CCO2. The molecular weight excluding hydrogens is 859 g/mol. The fraction of sp³-hybridized carbons (Fsp3) is 0.560. The van der Waals surface area contributed by atoms with Crippen LogP contribution in [0.15, 0.2) is 72.0 Å². The summed E-state index contributed by atoms with van der Waals surface area (Å²) in [6.45, 7) is 10.7. The molecule has 0 bridgehead atoms. The van der Waals surface area contributed by atoms with Crippen LogP contribution in [0.25, 0.3) is 0 Å². The van der Waals surface area contributed by atoms with Crippen LogP contribution in [-0.2, 0) is 28.5 Å². The maximum atomic E-state index is 13.9. The summed E-state index contributed by atoms with van der Waals surface area (Å²) in [6.07, 6.45) is 11.2. The smallest absolute Gasteiger partial charge is 0.410 e. The molecule has 3 heterocycles. The Balaban J connectivity index is 1.05. The molecule has 5 rings (SSSR count). The van der Waals surface area contributed by atoms with E-state index in [4.69, 9.17) is 39.6 Å². The topological polar surface area (TPSA) is 218 Å². The van der Waals surface area contributed by atoms with Crippen molar-refractivity contribution in [3.05, 3.63) is 83.7 Å². The molecule has 2 amide bonds. The number of esters is 1. The number of ether oxygens (including phenoxy) is 7. The van der Waals surface area contributed by atoms with Crippen molar-refractivity contribution in [2.75, 3.05) is 78.4 Å². The molecule has 17 nitrogen and oxygen atoms in total. The van der Waals surface area contributed by atoms with E-state index in [2.05, 4.69) is 25.3 Å². The van der Waals surface area contributed by atoms with Crippen LogP contribution in [0.4, 0.5) is 10.5 Å². The predicted molar refractivity (Wildman–Crippen MR) is 256 cm³/mol. The van der Waals surface area contributed by atoms with Gasteiger partial charge in [0.05, 0.1) is 58.3 Å². The number of carbonyl (C=O) groups is 3. The molecule has 2 aliphatic heterocycles. The van der Waals surface area contributed by atoms with Gasteiger partial charge in [-0.2, -0.15) is 0 Å². The number of fused-ring (bicyclic) bond motifs is 1. The number of hydrogen-bond donors (Lipinski definition) is 4. The lowest BCUT2D eigenvalue weighted by atomic mass is 9.85. The molecular formula is C50H71N7O10. The summed E-state index contributed by atoms with van der Waals surface area (Å²) in [7, 11) is 1.41. The zero-order valence-corrected chi connectivity index (χ0v) is 39.8. The zero-order chi connectivity index (χ0) is 47.9. The molecule has 1 aromatic heterocycles. The lowest BCUT2D eigenvalue weighted by molar-refractivity contribution is -0.140. The van der Waals surface area contributed by atoms with E-state index in [0.29, 0.717) is 114 Å². The van der Waals surface area contributed by atoms with Gasteiger partial charge < -0.3 is 54.4 Å². The Bertz CT molecular complexity index is 2050. The summed E-state index contributed by atoms with van der Waals surface area (Å²) in [5.74, 6) is 1.20. The molecule has 2 aliphatic rings. The van der Waals surface area contributed by atoms with Crippen molar-refractivity contribution in [3.63, 3.8) is 0 Å². The second-order valence-corrected chi connectivity index (χ2v) is 17.7. The number of pyridine rings is 1. The van der Waals surface area contributed by atoms with E-state index in [0.717, 1.165) is 56.3 Å². The molecule has 3 aromatic rings. The number of amides is 2. The third-order valence-corrected chi connectivity index (χ3v) is 11.4. The summed E-state index contributed by atoms with van der Waals surface area (Å²) in [4.78, 5) is 48.2. The van der Waals surface area contributed by atoms with E-state index < -0.39 is 17.2 Å². The number of nitrogens with two attached hydrogens (primary N) is 1. The molecule has 0 aliphatic carbocycles. The van der Waals surface area contributed by atoms with Crippen molar-refractivity contribution in [2.24, 2.45) is 10.7 Å². The van der Waals surface area contributed by atoms with Crippen LogP contribution >= 0.6 is 0 Å². The van der Waals surface area contributed by atoms with E-state index in [9.17, 15) is 14.4 Å². The van der Waals surface area contributed by atoms with Crippen LogP contribution in [0.3, 0.4) is 0 Å². The highest BCUT2D eigenvalue weighted by Gasteiger charge is 2.41. The van der Waals surface area contributed by atoms with Crippen LogP contribution in [-0.4, -0.2) is 124 Å². The van der Waals surface area contributed by atoms with Crippen LogP contribution < -0.4 is 25.8 Å². The highest BCUT2D eigenvalue weighted by Crippen LogP contribution is 2.36. The average molecular weight is 930 g/mol. The lowest BCUT2D eigenvalue weighted by Gasteiger charge is -2.42. The Hall–Kier alpha value is -5.78. The van der Waals surface area contributed by atoms with Crippen LogP contribution in [0, 0.1) is 5.41 Å². The number of amidine groups is 2. The van der Waals surface area contributed by atoms with Gasteiger partial charge in [-0.25, -0.2) is 9.79 Å². The van der Waals surface area contributed by atoms with Crippen LogP contribution in [0.1, 0.15) is 119 Å². The minimum atomic E-state index is -0.929. The number of nitrogens with one attached hydrogen (secondary N) is 3. The molecule has 5 N–H and O–H groups in total. The molecule has 17 heteroatoms. The van der Waals surface area contributed by atoms with E-state index in [1.807, 2.05) is 51.1 Å². The highest BCUT2D eigenvalue weighted by molar-refractivity contribution is 6.07. The minimum Gasteiger partial charge on any atom is -0.494 e. The molecule has 67 heavy (non-hydrogen) atoms. The van der Waals surface area contributed by atoms with Gasteiger partial charge in [-0.05, 0) is 114 Å². The largest absolute Gasteiger partial charge is 0.494 e. The predicted octanol–water partition coefficient (Wildman–Crippen LogP) is 7.62. The number of benzene rings is 2. The maximum Gasteiger partial charge on any atom is 0.410 e. The number of hydrogen-bond acceptors (Lipinski definition) is 13. The zero-order valence-electron chi connectivity index (χ0n) is 39.8. The monoisotopic (exact) mass is 930 g/mol. The first-order valence-corrected chi connectivity index (χ1v) is 23.6. The summed E-state index contributed by atoms with van der Waals surface area (Å²) in [6, 6.07) is 16.1.